The molecule has 1 N–H and O–H groups in total. The Bertz CT molecular complexity index is 784. The van der Waals surface area contributed by atoms with Crippen LogP contribution in [0.5, 0.6) is 5.75 Å². The molecule has 1 aliphatic rings. The maximum atomic E-state index is 13.0. The number of nitrogens with zero attached hydrogens (tertiary/aromatic N) is 1. The average Bonchev–Trinajstić information content (AvgIpc) is 2.70. The molecule has 1 aliphatic heterocycles. The monoisotopic (exact) mass is 384 g/mol. The number of halogens is 1. The molecule has 150 valence electrons. The summed E-state index contributed by atoms with van der Waals surface area (Å²) in [6.07, 6.45) is 1.70. The summed E-state index contributed by atoms with van der Waals surface area (Å²) in [5, 5.41) is 3.00. The van der Waals surface area contributed by atoms with Crippen molar-refractivity contribution >= 4 is 5.91 Å². The molecule has 28 heavy (non-hydrogen) atoms. The number of carbonyl (C=O) groups is 1. The Labute approximate surface area is 166 Å². The van der Waals surface area contributed by atoms with Gasteiger partial charge in [-0.15, -0.1) is 0 Å². The lowest BCUT2D eigenvalue weighted by Crippen LogP contribution is -2.41. The smallest absolute Gasteiger partial charge is 0.223 e. The number of piperidine rings is 1. The van der Waals surface area contributed by atoms with Gasteiger partial charge in [-0.05, 0) is 80.7 Å². The highest BCUT2D eigenvalue weighted by atomic mass is 19.1. The van der Waals surface area contributed by atoms with Crippen molar-refractivity contribution in [3.63, 3.8) is 0 Å². The van der Waals surface area contributed by atoms with Crippen molar-refractivity contribution < 1.29 is 13.9 Å². The van der Waals surface area contributed by atoms with Crippen molar-refractivity contribution in [2.75, 3.05) is 26.2 Å². The van der Waals surface area contributed by atoms with Gasteiger partial charge in [0, 0.05) is 12.5 Å². The molecular weight excluding hydrogens is 355 g/mol. The summed E-state index contributed by atoms with van der Waals surface area (Å²) in [6.45, 7) is 7.69. The third-order valence-electron chi connectivity index (χ3n) is 5.43. The summed E-state index contributed by atoms with van der Waals surface area (Å²) in [5.74, 6) is 0.809. The van der Waals surface area contributed by atoms with E-state index < -0.39 is 0 Å². The molecule has 0 aromatic heterocycles. The average molecular weight is 384 g/mol. The van der Waals surface area contributed by atoms with Gasteiger partial charge in [-0.3, -0.25) is 9.69 Å². The standard InChI is InChI=1S/C23H29FN2O2/c1-17-3-8-22(15-18(17)2)28-14-11-25-23(27)20-9-12-26(13-10-20)16-19-4-6-21(24)7-5-19/h3-8,15,20H,9-14,16H2,1-2H3,(H,25,27). The fraction of sp³-hybridized carbons (Fsp3) is 0.435. The van der Waals surface area contributed by atoms with E-state index in [1.807, 2.05) is 30.3 Å². The Morgan fingerprint density at radius 2 is 1.82 bits per heavy atom. The number of hydrogen-bond acceptors (Lipinski definition) is 3. The predicted molar refractivity (Wildman–Crippen MR) is 109 cm³/mol. The third-order valence-corrected chi connectivity index (χ3v) is 5.43. The van der Waals surface area contributed by atoms with Gasteiger partial charge < -0.3 is 10.1 Å². The van der Waals surface area contributed by atoms with Gasteiger partial charge >= 0.3 is 0 Å². The largest absolute Gasteiger partial charge is 0.492 e. The first kappa shape index (κ1) is 20.3. The van der Waals surface area contributed by atoms with Gasteiger partial charge in [0.05, 0.1) is 6.54 Å². The molecule has 1 fully saturated rings. The molecule has 1 heterocycles. The van der Waals surface area contributed by atoms with E-state index >= 15 is 0 Å². The molecule has 1 amide bonds. The molecule has 0 saturated carbocycles. The molecule has 4 nitrogen and oxygen atoms in total. The number of ether oxygens (including phenoxy) is 1. The zero-order chi connectivity index (χ0) is 19.9. The molecule has 2 aromatic carbocycles. The molecule has 0 unspecified atom stereocenters. The Kier molecular flexibility index (Phi) is 7.04. The minimum Gasteiger partial charge on any atom is -0.492 e. The van der Waals surface area contributed by atoms with Crippen molar-refractivity contribution in [2.45, 2.75) is 33.2 Å². The van der Waals surface area contributed by atoms with Crippen molar-refractivity contribution in [3.8, 4) is 5.75 Å². The summed E-state index contributed by atoms with van der Waals surface area (Å²) in [5.41, 5.74) is 3.55. The molecule has 0 radical (unpaired) electrons. The maximum Gasteiger partial charge on any atom is 0.223 e. The van der Waals surface area contributed by atoms with E-state index in [0.717, 1.165) is 43.8 Å². The van der Waals surface area contributed by atoms with Gasteiger partial charge in [-0.1, -0.05) is 18.2 Å². The third kappa shape index (κ3) is 5.80. The number of benzene rings is 2. The van der Waals surface area contributed by atoms with Crippen LogP contribution in [0, 0.1) is 25.6 Å². The van der Waals surface area contributed by atoms with E-state index in [9.17, 15) is 9.18 Å². The highest BCUT2D eigenvalue weighted by Gasteiger charge is 2.24. The first-order valence-electron chi connectivity index (χ1n) is 9.96. The molecule has 5 heteroatoms. The summed E-state index contributed by atoms with van der Waals surface area (Å²) in [6, 6.07) is 12.7. The summed E-state index contributed by atoms with van der Waals surface area (Å²) >= 11 is 0. The molecule has 2 aromatic rings. The van der Waals surface area contributed by atoms with E-state index in [2.05, 4.69) is 24.1 Å². The van der Waals surface area contributed by atoms with Crippen LogP contribution in [-0.2, 0) is 11.3 Å². The highest BCUT2D eigenvalue weighted by Crippen LogP contribution is 2.20. The van der Waals surface area contributed by atoms with Crippen LogP contribution >= 0.6 is 0 Å². The van der Waals surface area contributed by atoms with E-state index in [4.69, 9.17) is 4.74 Å². The summed E-state index contributed by atoms with van der Waals surface area (Å²) in [7, 11) is 0. The van der Waals surface area contributed by atoms with Gasteiger partial charge in [0.2, 0.25) is 5.91 Å². The molecule has 0 aliphatic carbocycles. The van der Waals surface area contributed by atoms with Crippen LogP contribution in [0.1, 0.15) is 29.5 Å². The Morgan fingerprint density at radius 3 is 2.50 bits per heavy atom. The van der Waals surface area contributed by atoms with Gasteiger partial charge in [-0.2, -0.15) is 0 Å². The van der Waals surface area contributed by atoms with E-state index in [1.165, 1.54) is 23.3 Å². The van der Waals surface area contributed by atoms with Crippen molar-refractivity contribution in [1.29, 1.82) is 0 Å². The van der Waals surface area contributed by atoms with Gasteiger partial charge in [-0.25, -0.2) is 4.39 Å². The number of aryl methyl sites for hydroxylation is 2. The number of nitrogens with one attached hydrogen (secondary N) is 1. The van der Waals surface area contributed by atoms with Crippen LogP contribution in [0.25, 0.3) is 0 Å². The van der Waals surface area contributed by atoms with Crippen LogP contribution in [0.3, 0.4) is 0 Å². The Morgan fingerprint density at radius 1 is 1.11 bits per heavy atom. The Balaban J connectivity index is 1.34. The van der Waals surface area contributed by atoms with E-state index in [-0.39, 0.29) is 17.6 Å². The minimum absolute atomic E-state index is 0.0612. The zero-order valence-corrected chi connectivity index (χ0v) is 16.7. The molecular formula is C23H29FN2O2. The Hall–Kier alpha value is -2.40. The number of hydrogen-bond donors (Lipinski definition) is 1. The second kappa shape index (κ2) is 9.69. The molecule has 0 spiro atoms. The lowest BCUT2D eigenvalue weighted by Gasteiger charge is -2.31. The van der Waals surface area contributed by atoms with Gasteiger partial charge in [0.15, 0.2) is 0 Å². The predicted octanol–water partition coefficient (Wildman–Crippen LogP) is 3.85. The molecule has 0 atom stereocenters. The van der Waals surface area contributed by atoms with Gasteiger partial charge in [0.1, 0.15) is 18.2 Å². The van der Waals surface area contributed by atoms with Gasteiger partial charge in [0.25, 0.3) is 0 Å². The van der Waals surface area contributed by atoms with Crippen molar-refractivity contribution in [3.05, 3.63) is 65.0 Å². The highest BCUT2D eigenvalue weighted by molar-refractivity contribution is 5.78. The first-order valence-corrected chi connectivity index (χ1v) is 9.96. The second-order valence-electron chi connectivity index (χ2n) is 7.56. The maximum absolute atomic E-state index is 13.0. The second-order valence-corrected chi connectivity index (χ2v) is 7.56. The number of rotatable bonds is 7. The molecule has 0 bridgehead atoms. The fourth-order valence-electron chi connectivity index (χ4n) is 3.49. The quantitative estimate of drug-likeness (QED) is 0.738. The summed E-state index contributed by atoms with van der Waals surface area (Å²) < 4.78 is 18.7. The normalized spacial score (nSPS) is 15.4. The number of amides is 1. The number of likely N-dealkylation sites (tertiary alicyclic amines) is 1. The summed E-state index contributed by atoms with van der Waals surface area (Å²) in [4.78, 5) is 14.7. The van der Waals surface area contributed by atoms with Crippen LogP contribution in [0.2, 0.25) is 0 Å². The zero-order valence-electron chi connectivity index (χ0n) is 16.7. The van der Waals surface area contributed by atoms with Crippen LogP contribution in [0.15, 0.2) is 42.5 Å². The van der Waals surface area contributed by atoms with Crippen LogP contribution < -0.4 is 10.1 Å². The topological polar surface area (TPSA) is 41.6 Å². The van der Waals surface area contributed by atoms with Crippen molar-refractivity contribution in [1.82, 2.24) is 10.2 Å². The van der Waals surface area contributed by atoms with E-state index in [0.29, 0.717) is 13.2 Å². The fourth-order valence-corrected chi connectivity index (χ4v) is 3.49. The lowest BCUT2D eigenvalue weighted by molar-refractivity contribution is -0.126. The first-order chi connectivity index (χ1) is 13.5. The number of carbonyl (C=O) groups excluding carboxylic acids is 1. The lowest BCUT2D eigenvalue weighted by atomic mass is 9.95. The SMILES string of the molecule is Cc1ccc(OCCNC(=O)C2CCN(Cc3ccc(F)cc3)CC2)cc1C. The van der Waals surface area contributed by atoms with Crippen molar-refractivity contribution in [2.24, 2.45) is 5.92 Å². The molecule has 1 saturated heterocycles. The molecule has 3 rings (SSSR count). The van der Waals surface area contributed by atoms with E-state index in [1.54, 1.807) is 0 Å². The van der Waals surface area contributed by atoms with Crippen LogP contribution in [-0.4, -0.2) is 37.0 Å². The van der Waals surface area contributed by atoms with Crippen LogP contribution in [0.4, 0.5) is 4.39 Å². The minimum atomic E-state index is -0.208.